The summed E-state index contributed by atoms with van der Waals surface area (Å²) in [6.07, 6.45) is -0.850. The average molecular weight is 287 g/mol. The number of esters is 2. The molecule has 0 radical (unpaired) electrons. The van der Waals surface area contributed by atoms with Crippen LogP contribution >= 0.6 is 11.6 Å². The Balaban J connectivity index is 3.00. The zero-order chi connectivity index (χ0) is 14.4. The first-order valence-electron chi connectivity index (χ1n) is 5.70. The van der Waals surface area contributed by atoms with E-state index in [1.807, 2.05) is 0 Å². The van der Waals surface area contributed by atoms with Gasteiger partial charge in [-0.25, -0.2) is 9.59 Å². The van der Waals surface area contributed by atoms with E-state index in [1.165, 1.54) is 26.2 Å². The van der Waals surface area contributed by atoms with Crippen LogP contribution in [0.15, 0.2) is 18.2 Å². The normalized spacial score (nSPS) is 11.6. The molecule has 0 amide bonds. The molecule has 0 N–H and O–H groups in total. The molecule has 0 spiro atoms. The van der Waals surface area contributed by atoms with Gasteiger partial charge in [0.2, 0.25) is 0 Å². The van der Waals surface area contributed by atoms with Crippen molar-refractivity contribution in [3.63, 3.8) is 0 Å². The fourth-order valence-electron chi connectivity index (χ4n) is 1.38. The Labute approximate surface area is 116 Å². The highest BCUT2D eigenvalue weighted by atomic mass is 35.5. The van der Waals surface area contributed by atoms with Gasteiger partial charge in [0.1, 0.15) is 11.3 Å². The zero-order valence-corrected chi connectivity index (χ0v) is 11.7. The van der Waals surface area contributed by atoms with Crippen LogP contribution in [0.2, 0.25) is 5.02 Å². The summed E-state index contributed by atoms with van der Waals surface area (Å²) in [6, 6.07) is 4.48. The van der Waals surface area contributed by atoms with E-state index in [9.17, 15) is 9.59 Å². The molecule has 0 saturated carbocycles. The van der Waals surface area contributed by atoms with Crippen molar-refractivity contribution in [3.05, 3.63) is 28.8 Å². The molecule has 19 heavy (non-hydrogen) atoms. The van der Waals surface area contributed by atoms with E-state index in [0.29, 0.717) is 5.02 Å². The number of carbonyl (C=O) groups excluding carboxylic acids is 2. The third-order valence-corrected chi connectivity index (χ3v) is 2.51. The Hall–Kier alpha value is -1.75. The van der Waals surface area contributed by atoms with Crippen LogP contribution in [0.3, 0.4) is 0 Å². The molecule has 1 aromatic rings. The summed E-state index contributed by atoms with van der Waals surface area (Å²) >= 11 is 5.85. The topological polar surface area (TPSA) is 61.8 Å². The number of methoxy groups -OCH3 is 1. The van der Waals surface area contributed by atoms with Crippen molar-refractivity contribution in [1.29, 1.82) is 0 Å². The second-order valence-electron chi connectivity index (χ2n) is 3.64. The maximum atomic E-state index is 11.7. The Morgan fingerprint density at radius 1 is 1.37 bits per heavy atom. The van der Waals surface area contributed by atoms with Crippen LogP contribution in [0.4, 0.5) is 0 Å². The summed E-state index contributed by atoms with van der Waals surface area (Å²) in [6.45, 7) is 3.46. The first-order chi connectivity index (χ1) is 8.99. The lowest BCUT2D eigenvalue weighted by molar-refractivity contribution is -0.147. The Bertz CT molecular complexity index is 472. The molecule has 0 aliphatic heterocycles. The van der Waals surface area contributed by atoms with E-state index in [-0.39, 0.29) is 17.9 Å². The zero-order valence-electron chi connectivity index (χ0n) is 10.9. The highest BCUT2D eigenvalue weighted by Gasteiger charge is 2.20. The monoisotopic (exact) mass is 286 g/mol. The number of carbonyl (C=O) groups is 2. The molecule has 0 saturated heterocycles. The lowest BCUT2D eigenvalue weighted by atomic mass is 10.2. The SMILES string of the molecule is CCOC(=O)c1ccc(Cl)cc1OC(C)C(=O)OC. The number of hydrogen-bond acceptors (Lipinski definition) is 5. The number of ether oxygens (including phenoxy) is 3. The summed E-state index contributed by atoms with van der Waals surface area (Å²) in [5.41, 5.74) is 0.210. The molecule has 6 heteroatoms. The van der Waals surface area contributed by atoms with Crippen molar-refractivity contribution >= 4 is 23.5 Å². The van der Waals surface area contributed by atoms with Gasteiger partial charge in [-0.1, -0.05) is 11.6 Å². The van der Waals surface area contributed by atoms with Crippen LogP contribution in [-0.4, -0.2) is 31.8 Å². The second kappa shape index (κ2) is 6.99. The molecule has 0 aliphatic carbocycles. The predicted octanol–water partition coefficient (Wildman–Crippen LogP) is 2.46. The van der Waals surface area contributed by atoms with E-state index >= 15 is 0 Å². The van der Waals surface area contributed by atoms with E-state index < -0.39 is 18.0 Å². The van der Waals surface area contributed by atoms with Gasteiger partial charge < -0.3 is 14.2 Å². The molecule has 1 unspecified atom stereocenters. The van der Waals surface area contributed by atoms with Gasteiger partial charge in [-0.15, -0.1) is 0 Å². The molecule has 0 fully saturated rings. The van der Waals surface area contributed by atoms with Crippen molar-refractivity contribution < 1.29 is 23.8 Å². The van der Waals surface area contributed by atoms with Crippen molar-refractivity contribution in [2.75, 3.05) is 13.7 Å². The van der Waals surface area contributed by atoms with Gasteiger partial charge in [-0.3, -0.25) is 0 Å². The summed E-state index contributed by atoms with van der Waals surface area (Å²) in [5, 5.41) is 0.389. The third kappa shape index (κ3) is 4.13. The first kappa shape index (κ1) is 15.3. The molecular formula is C13H15ClO5. The van der Waals surface area contributed by atoms with Crippen molar-refractivity contribution in [3.8, 4) is 5.75 Å². The Kier molecular flexibility index (Phi) is 5.63. The molecule has 1 aromatic carbocycles. The summed E-state index contributed by atoms with van der Waals surface area (Å²) in [5.74, 6) is -0.898. The third-order valence-electron chi connectivity index (χ3n) is 2.28. The van der Waals surface area contributed by atoms with Crippen LogP contribution in [-0.2, 0) is 14.3 Å². The summed E-state index contributed by atoms with van der Waals surface area (Å²) in [4.78, 5) is 23.0. The number of rotatable bonds is 5. The summed E-state index contributed by atoms with van der Waals surface area (Å²) in [7, 11) is 1.26. The lowest BCUT2D eigenvalue weighted by Gasteiger charge is -2.15. The number of hydrogen-bond donors (Lipinski definition) is 0. The highest BCUT2D eigenvalue weighted by molar-refractivity contribution is 6.30. The van der Waals surface area contributed by atoms with E-state index in [1.54, 1.807) is 13.0 Å². The molecular weight excluding hydrogens is 272 g/mol. The molecule has 1 atom stereocenters. The van der Waals surface area contributed by atoms with Gasteiger partial charge in [-0.2, -0.15) is 0 Å². The standard InChI is InChI=1S/C13H15ClO5/c1-4-18-13(16)10-6-5-9(14)7-11(10)19-8(2)12(15)17-3/h5-8H,4H2,1-3H3. The predicted molar refractivity (Wildman–Crippen MR) is 69.5 cm³/mol. The van der Waals surface area contributed by atoms with Gasteiger partial charge in [-0.05, 0) is 32.0 Å². The number of benzene rings is 1. The molecule has 1 rings (SSSR count). The second-order valence-corrected chi connectivity index (χ2v) is 4.08. The first-order valence-corrected chi connectivity index (χ1v) is 6.08. The van der Waals surface area contributed by atoms with Crippen LogP contribution in [0.5, 0.6) is 5.75 Å². The minimum atomic E-state index is -0.850. The van der Waals surface area contributed by atoms with Crippen molar-refractivity contribution in [2.45, 2.75) is 20.0 Å². The van der Waals surface area contributed by atoms with E-state index in [2.05, 4.69) is 4.74 Å². The highest BCUT2D eigenvalue weighted by Crippen LogP contribution is 2.25. The van der Waals surface area contributed by atoms with Gasteiger partial charge >= 0.3 is 11.9 Å². The Morgan fingerprint density at radius 3 is 2.63 bits per heavy atom. The van der Waals surface area contributed by atoms with E-state index in [4.69, 9.17) is 21.1 Å². The summed E-state index contributed by atoms with van der Waals surface area (Å²) < 4.78 is 14.8. The molecule has 0 heterocycles. The number of halogens is 1. The maximum absolute atomic E-state index is 11.7. The Morgan fingerprint density at radius 2 is 2.05 bits per heavy atom. The average Bonchev–Trinajstić information content (AvgIpc) is 2.38. The van der Waals surface area contributed by atoms with Gasteiger partial charge in [0.15, 0.2) is 6.10 Å². The molecule has 0 aliphatic rings. The smallest absolute Gasteiger partial charge is 0.346 e. The van der Waals surface area contributed by atoms with Gasteiger partial charge in [0.05, 0.1) is 13.7 Å². The largest absolute Gasteiger partial charge is 0.478 e. The van der Waals surface area contributed by atoms with Crippen LogP contribution in [0.25, 0.3) is 0 Å². The minimum absolute atomic E-state index is 0.184. The van der Waals surface area contributed by atoms with Crippen LogP contribution in [0, 0.1) is 0 Å². The van der Waals surface area contributed by atoms with E-state index in [0.717, 1.165) is 0 Å². The van der Waals surface area contributed by atoms with Crippen LogP contribution in [0.1, 0.15) is 24.2 Å². The van der Waals surface area contributed by atoms with Gasteiger partial charge in [0.25, 0.3) is 0 Å². The fourth-order valence-corrected chi connectivity index (χ4v) is 1.54. The maximum Gasteiger partial charge on any atom is 0.346 e. The fraction of sp³-hybridized carbons (Fsp3) is 0.385. The molecule has 5 nitrogen and oxygen atoms in total. The quantitative estimate of drug-likeness (QED) is 0.778. The minimum Gasteiger partial charge on any atom is -0.478 e. The molecule has 0 bridgehead atoms. The lowest BCUT2D eigenvalue weighted by Crippen LogP contribution is -2.25. The van der Waals surface area contributed by atoms with Crippen molar-refractivity contribution in [2.24, 2.45) is 0 Å². The van der Waals surface area contributed by atoms with Crippen molar-refractivity contribution in [1.82, 2.24) is 0 Å². The van der Waals surface area contributed by atoms with Crippen LogP contribution < -0.4 is 4.74 Å². The molecule has 104 valence electrons. The van der Waals surface area contributed by atoms with Gasteiger partial charge in [0, 0.05) is 5.02 Å². The molecule has 0 aromatic heterocycles.